The van der Waals surface area contributed by atoms with Gasteiger partial charge in [0.05, 0.1) is 13.2 Å². The molecule has 0 radical (unpaired) electrons. The van der Waals surface area contributed by atoms with Gasteiger partial charge in [-0.2, -0.15) is 0 Å². The maximum absolute atomic E-state index is 12.2. The van der Waals surface area contributed by atoms with Crippen molar-refractivity contribution in [2.75, 3.05) is 33.4 Å². The van der Waals surface area contributed by atoms with Gasteiger partial charge in [-0.15, -0.1) is 0 Å². The highest BCUT2D eigenvalue weighted by molar-refractivity contribution is 5.78. The monoisotopic (exact) mass is 305 g/mol. The highest BCUT2D eigenvalue weighted by Crippen LogP contribution is 2.30. The summed E-state index contributed by atoms with van der Waals surface area (Å²) < 4.78 is 16.5. The Bertz CT molecular complexity index is 515. The van der Waals surface area contributed by atoms with Crippen molar-refractivity contribution in [1.29, 1.82) is 0 Å². The van der Waals surface area contributed by atoms with Crippen LogP contribution in [0.4, 0.5) is 0 Å². The van der Waals surface area contributed by atoms with Crippen molar-refractivity contribution in [2.45, 2.75) is 25.4 Å². The molecular formula is C17H23NO4. The van der Waals surface area contributed by atoms with Crippen LogP contribution in [0.1, 0.15) is 19.3 Å². The van der Waals surface area contributed by atoms with Crippen molar-refractivity contribution in [1.82, 2.24) is 4.90 Å². The van der Waals surface area contributed by atoms with Crippen molar-refractivity contribution in [3.05, 3.63) is 24.3 Å². The number of rotatable bonds is 7. The minimum Gasteiger partial charge on any atom is -0.497 e. The molecule has 1 aromatic rings. The van der Waals surface area contributed by atoms with Crippen molar-refractivity contribution >= 4 is 5.91 Å². The molecule has 0 N–H and O–H groups in total. The third-order valence-electron chi connectivity index (χ3n) is 4.17. The van der Waals surface area contributed by atoms with Crippen LogP contribution in [0.5, 0.6) is 11.5 Å². The summed E-state index contributed by atoms with van der Waals surface area (Å²) in [6.07, 6.45) is 3.71. The van der Waals surface area contributed by atoms with E-state index in [1.54, 1.807) is 13.2 Å². The summed E-state index contributed by atoms with van der Waals surface area (Å²) in [5.41, 5.74) is 0. The van der Waals surface area contributed by atoms with Crippen LogP contribution < -0.4 is 9.47 Å². The number of carbonyl (C=O) groups is 1. The minimum atomic E-state index is 0.0142. The zero-order chi connectivity index (χ0) is 15.4. The van der Waals surface area contributed by atoms with Crippen molar-refractivity contribution in [3.8, 4) is 11.5 Å². The smallest absolute Gasteiger partial charge is 0.260 e. The predicted octanol–water partition coefficient (Wildman–Crippen LogP) is 2.10. The number of hydrogen-bond acceptors (Lipinski definition) is 4. The van der Waals surface area contributed by atoms with Gasteiger partial charge in [0.2, 0.25) is 0 Å². The Labute approximate surface area is 131 Å². The normalized spacial score (nSPS) is 21.0. The lowest BCUT2D eigenvalue weighted by Crippen LogP contribution is -2.34. The maximum atomic E-state index is 12.2. The van der Waals surface area contributed by atoms with Crippen LogP contribution in [0, 0.1) is 5.92 Å². The Morgan fingerprint density at radius 2 is 2.09 bits per heavy atom. The summed E-state index contributed by atoms with van der Waals surface area (Å²) >= 11 is 0. The van der Waals surface area contributed by atoms with Gasteiger partial charge in [0.25, 0.3) is 5.91 Å². The molecule has 1 saturated carbocycles. The van der Waals surface area contributed by atoms with Gasteiger partial charge in [-0.25, -0.2) is 0 Å². The van der Waals surface area contributed by atoms with E-state index in [2.05, 4.69) is 0 Å². The van der Waals surface area contributed by atoms with E-state index in [4.69, 9.17) is 14.2 Å². The van der Waals surface area contributed by atoms with E-state index in [1.807, 2.05) is 23.1 Å². The molecule has 0 bridgehead atoms. The van der Waals surface area contributed by atoms with E-state index in [9.17, 15) is 4.79 Å². The lowest BCUT2D eigenvalue weighted by atomic mass is 10.3. The zero-order valence-corrected chi connectivity index (χ0v) is 13.0. The van der Waals surface area contributed by atoms with E-state index in [-0.39, 0.29) is 18.6 Å². The molecule has 1 atom stereocenters. The van der Waals surface area contributed by atoms with Crippen LogP contribution in [0.25, 0.3) is 0 Å². The molecule has 1 aliphatic heterocycles. The van der Waals surface area contributed by atoms with E-state index in [0.717, 1.165) is 31.2 Å². The molecule has 0 spiro atoms. The fraction of sp³-hybridized carbons (Fsp3) is 0.588. The topological polar surface area (TPSA) is 48.0 Å². The highest BCUT2D eigenvalue weighted by atomic mass is 16.5. The number of ether oxygens (including phenoxy) is 3. The summed E-state index contributed by atoms with van der Waals surface area (Å²) in [5.74, 6) is 2.15. The van der Waals surface area contributed by atoms with Gasteiger partial charge in [-0.1, -0.05) is 6.07 Å². The van der Waals surface area contributed by atoms with E-state index < -0.39 is 0 Å². The molecule has 1 aliphatic carbocycles. The van der Waals surface area contributed by atoms with Crippen molar-refractivity contribution in [2.24, 2.45) is 5.92 Å². The fourth-order valence-corrected chi connectivity index (χ4v) is 2.57. The molecule has 3 rings (SSSR count). The number of benzene rings is 1. The summed E-state index contributed by atoms with van der Waals surface area (Å²) in [4.78, 5) is 14.0. The lowest BCUT2D eigenvalue weighted by molar-refractivity contribution is -0.132. The lowest BCUT2D eigenvalue weighted by Gasteiger charge is -2.17. The molecule has 2 fully saturated rings. The predicted molar refractivity (Wildman–Crippen MR) is 82.2 cm³/mol. The maximum Gasteiger partial charge on any atom is 0.260 e. The van der Waals surface area contributed by atoms with Gasteiger partial charge in [0.1, 0.15) is 11.5 Å². The van der Waals surface area contributed by atoms with Crippen molar-refractivity contribution in [3.63, 3.8) is 0 Å². The van der Waals surface area contributed by atoms with Gasteiger partial charge < -0.3 is 19.1 Å². The number of hydrogen-bond donors (Lipinski definition) is 0. The average Bonchev–Trinajstić information content (AvgIpc) is 3.27. The average molecular weight is 305 g/mol. The van der Waals surface area contributed by atoms with Crippen LogP contribution in [-0.4, -0.2) is 50.3 Å². The molecule has 1 heterocycles. The Balaban J connectivity index is 1.41. The molecule has 0 aromatic heterocycles. The molecule has 1 unspecified atom stereocenters. The molecule has 1 saturated heterocycles. The Kier molecular flexibility index (Phi) is 4.83. The van der Waals surface area contributed by atoms with Crippen LogP contribution in [-0.2, 0) is 9.53 Å². The standard InChI is InChI=1S/C17H23NO4/c1-20-14-3-2-4-15(9-14)22-12-17(19)18-8-7-16(10-18)21-11-13-5-6-13/h2-4,9,13,16H,5-8,10-12H2,1H3. The molecule has 1 aromatic carbocycles. The molecule has 5 heteroatoms. The second-order valence-electron chi connectivity index (χ2n) is 5.99. The molecule has 2 aliphatic rings. The van der Waals surface area contributed by atoms with Gasteiger partial charge in [0, 0.05) is 25.8 Å². The first kappa shape index (κ1) is 15.2. The number of nitrogens with zero attached hydrogens (tertiary/aromatic N) is 1. The molecule has 1 amide bonds. The summed E-state index contributed by atoms with van der Waals surface area (Å²) in [7, 11) is 1.61. The summed E-state index contributed by atoms with van der Waals surface area (Å²) in [6.45, 7) is 2.36. The third-order valence-corrected chi connectivity index (χ3v) is 4.17. The second-order valence-corrected chi connectivity index (χ2v) is 5.99. The first-order valence-corrected chi connectivity index (χ1v) is 7.91. The van der Waals surface area contributed by atoms with Crippen LogP contribution in [0.2, 0.25) is 0 Å². The van der Waals surface area contributed by atoms with Gasteiger partial charge in [0.15, 0.2) is 6.61 Å². The second kappa shape index (κ2) is 7.01. The molecule has 5 nitrogen and oxygen atoms in total. The first-order valence-electron chi connectivity index (χ1n) is 7.91. The van der Waals surface area contributed by atoms with Crippen LogP contribution in [0.15, 0.2) is 24.3 Å². The minimum absolute atomic E-state index is 0.0142. The Morgan fingerprint density at radius 1 is 1.27 bits per heavy atom. The zero-order valence-electron chi connectivity index (χ0n) is 13.0. The van der Waals surface area contributed by atoms with E-state index in [1.165, 1.54) is 12.8 Å². The number of methoxy groups -OCH3 is 1. The fourth-order valence-electron chi connectivity index (χ4n) is 2.57. The highest BCUT2D eigenvalue weighted by Gasteiger charge is 2.29. The molecule has 22 heavy (non-hydrogen) atoms. The first-order chi connectivity index (χ1) is 10.7. The summed E-state index contributed by atoms with van der Waals surface area (Å²) in [6, 6.07) is 7.29. The van der Waals surface area contributed by atoms with Crippen LogP contribution in [0.3, 0.4) is 0 Å². The molecule has 120 valence electrons. The number of amides is 1. The largest absolute Gasteiger partial charge is 0.497 e. The molecular weight excluding hydrogens is 282 g/mol. The third kappa shape index (κ3) is 4.13. The van der Waals surface area contributed by atoms with Crippen LogP contribution >= 0.6 is 0 Å². The van der Waals surface area contributed by atoms with E-state index >= 15 is 0 Å². The van der Waals surface area contributed by atoms with Gasteiger partial charge in [-0.3, -0.25) is 4.79 Å². The van der Waals surface area contributed by atoms with Gasteiger partial charge in [-0.05, 0) is 37.3 Å². The quantitative estimate of drug-likeness (QED) is 0.774. The number of likely N-dealkylation sites (tertiary alicyclic amines) is 1. The summed E-state index contributed by atoms with van der Waals surface area (Å²) in [5, 5.41) is 0. The van der Waals surface area contributed by atoms with Crippen molar-refractivity contribution < 1.29 is 19.0 Å². The Hall–Kier alpha value is -1.75. The number of carbonyl (C=O) groups excluding carboxylic acids is 1. The SMILES string of the molecule is COc1cccc(OCC(=O)N2CCC(OCC3CC3)C2)c1. The Morgan fingerprint density at radius 3 is 2.86 bits per heavy atom. The van der Waals surface area contributed by atoms with E-state index in [0.29, 0.717) is 12.3 Å². The van der Waals surface area contributed by atoms with Gasteiger partial charge >= 0.3 is 0 Å².